The third-order valence-electron chi connectivity index (χ3n) is 14.9. The van der Waals surface area contributed by atoms with Gasteiger partial charge in [-0.2, -0.15) is 0 Å². The maximum absolute atomic E-state index is 2.50. The molecule has 0 saturated carbocycles. The molecule has 0 fully saturated rings. The molecule has 0 aromatic heterocycles. The van der Waals surface area contributed by atoms with Crippen molar-refractivity contribution in [1.82, 2.24) is 0 Å². The van der Waals surface area contributed by atoms with Gasteiger partial charge in [0.15, 0.2) is 0 Å². The lowest BCUT2D eigenvalue weighted by Crippen LogP contribution is -2.19. The number of benzene rings is 7. The van der Waals surface area contributed by atoms with Gasteiger partial charge >= 0.3 is 0 Å². The molecule has 7 aromatic carbocycles. The molecule has 326 valence electrons. The molecule has 0 heterocycles. The van der Waals surface area contributed by atoms with E-state index in [9.17, 15) is 0 Å². The fourth-order valence-corrected chi connectivity index (χ4v) is 10.5. The third-order valence-corrected chi connectivity index (χ3v) is 14.9. The Balaban J connectivity index is 1.07. The summed E-state index contributed by atoms with van der Waals surface area (Å²) in [6.45, 7) is 37.6. The van der Waals surface area contributed by atoms with Crippen LogP contribution in [0.1, 0.15) is 155 Å². The Kier molecular flexibility index (Phi) is 9.93. The third kappa shape index (κ3) is 7.30. The molecular formula is C64H70. The predicted molar refractivity (Wildman–Crippen MR) is 278 cm³/mol. The Labute approximate surface area is 386 Å². The summed E-state index contributed by atoms with van der Waals surface area (Å²) < 4.78 is 0. The average molecular weight is 839 g/mol. The van der Waals surface area contributed by atoms with Crippen molar-refractivity contribution in [2.75, 3.05) is 0 Å². The zero-order valence-corrected chi connectivity index (χ0v) is 41.7. The zero-order valence-electron chi connectivity index (χ0n) is 41.7. The van der Waals surface area contributed by atoms with Gasteiger partial charge in [0.1, 0.15) is 0 Å². The Morgan fingerprint density at radius 3 is 0.906 bits per heavy atom. The van der Waals surface area contributed by atoms with Gasteiger partial charge in [0.2, 0.25) is 0 Å². The summed E-state index contributed by atoms with van der Waals surface area (Å²) in [5, 5.41) is 0. The van der Waals surface area contributed by atoms with Crippen LogP contribution in [0.3, 0.4) is 0 Å². The summed E-state index contributed by atoms with van der Waals surface area (Å²) in [6.07, 6.45) is 0. The minimum absolute atomic E-state index is 0.0269. The van der Waals surface area contributed by atoms with Gasteiger partial charge in [-0.15, -0.1) is 0 Å². The van der Waals surface area contributed by atoms with E-state index in [0.717, 1.165) is 0 Å². The van der Waals surface area contributed by atoms with E-state index in [-0.39, 0.29) is 32.5 Å². The second-order valence-electron chi connectivity index (χ2n) is 24.4. The van der Waals surface area contributed by atoms with Crippen molar-refractivity contribution in [2.24, 2.45) is 0 Å². The molecule has 0 radical (unpaired) electrons. The van der Waals surface area contributed by atoms with Crippen LogP contribution in [0.15, 0.2) is 133 Å². The predicted octanol–water partition coefficient (Wildman–Crippen LogP) is 18.2. The fraction of sp³-hybridized carbons (Fsp3) is 0.344. The van der Waals surface area contributed by atoms with Crippen LogP contribution in [0, 0.1) is 0 Å². The fourth-order valence-electron chi connectivity index (χ4n) is 10.5. The first-order valence-electron chi connectivity index (χ1n) is 23.7. The Bertz CT molecular complexity index is 2770. The van der Waals surface area contributed by atoms with E-state index in [1.54, 1.807) is 0 Å². The molecule has 0 spiro atoms. The molecular weight excluding hydrogens is 769 g/mol. The van der Waals surface area contributed by atoms with Gasteiger partial charge in [0.25, 0.3) is 0 Å². The minimum atomic E-state index is -0.0875. The quantitative estimate of drug-likeness (QED) is 0.166. The van der Waals surface area contributed by atoms with Crippen molar-refractivity contribution in [3.63, 3.8) is 0 Å². The second kappa shape index (κ2) is 14.5. The van der Waals surface area contributed by atoms with Crippen LogP contribution in [0.5, 0.6) is 0 Å². The molecule has 0 heteroatoms. The lowest BCUT2D eigenvalue weighted by atomic mass is 9.76. The van der Waals surface area contributed by atoms with Gasteiger partial charge in [-0.05, 0) is 151 Å². The normalized spacial score (nSPS) is 15.1. The summed E-state index contributed by atoms with van der Waals surface area (Å²) in [4.78, 5) is 0. The Hall–Kier alpha value is -5.46. The summed E-state index contributed by atoms with van der Waals surface area (Å²) in [6, 6.07) is 52.2. The maximum atomic E-state index is 2.50. The Morgan fingerprint density at radius 2 is 0.578 bits per heavy atom. The second-order valence-corrected chi connectivity index (χ2v) is 24.4. The molecule has 2 aliphatic rings. The molecule has 7 aromatic rings. The molecule has 9 rings (SSSR count). The number of hydrogen-bond donors (Lipinski definition) is 0. The van der Waals surface area contributed by atoms with E-state index in [1.807, 2.05) is 0 Å². The van der Waals surface area contributed by atoms with Gasteiger partial charge in [0.05, 0.1) is 0 Å². The average Bonchev–Trinajstić information content (AvgIpc) is 3.61. The van der Waals surface area contributed by atoms with Crippen LogP contribution in [0.25, 0.3) is 66.8 Å². The minimum Gasteiger partial charge on any atom is -0.0610 e. The standard InChI is InChI=1S/C64H70/c1-59(2,3)45-28-30-49-53(35-45)63(13,14)55-37-47(61(7,8)9)33-51(57(49)55)41-24-20-39(21-25-41)43-18-17-19-44(32-43)40-22-26-42(27-23-40)52-34-48(62(10,11)12)38-56-58(52)50-31-29-46(60(4,5)6)36-54(50)64(56,15)16/h17-38H,1-16H3. The van der Waals surface area contributed by atoms with E-state index in [2.05, 4.69) is 244 Å². The van der Waals surface area contributed by atoms with E-state index in [0.29, 0.717) is 0 Å². The molecule has 0 atom stereocenters. The molecule has 0 bridgehead atoms. The number of rotatable bonds is 4. The lowest BCUT2D eigenvalue weighted by Gasteiger charge is -2.27. The van der Waals surface area contributed by atoms with Crippen molar-refractivity contribution in [2.45, 2.75) is 143 Å². The molecule has 2 aliphatic carbocycles. The summed E-state index contributed by atoms with van der Waals surface area (Å²) in [7, 11) is 0. The highest BCUT2D eigenvalue weighted by molar-refractivity contribution is 5.95. The van der Waals surface area contributed by atoms with Crippen LogP contribution in [-0.2, 0) is 32.5 Å². The smallest absolute Gasteiger partial charge is 0.0159 e. The van der Waals surface area contributed by atoms with Crippen LogP contribution < -0.4 is 0 Å². The summed E-state index contributed by atoms with van der Waals surface area (Å²) in [5.74, 6) is 0. The number of hydrogen-bond acceptors (Lipinski definition) is 0. The topological polar surface area (TPSA) is 0 Å². The SMILES string of the molecule is CC(C)(C)c1ccc2c(c1)C(C)(C)c1cc(C(C)(C)C)cc(-c3ccc(-c4cccc(-c5ccc(-c6cc(C(C)(C)C)cc7c6-c6ccc(C(C)(C)C)cc6C7(C)C)cc5)c4)cc3)c1-2. The van der Waals surface area contributed by atoms with Crippen molar-refractivity contribution in [3.05, 3.63) is 178 Å². The Morgan fingerprint density at radius 1 is 0.266 bits per heavy atom. The lowest BCUT2D eigenvalue weighted by molar-refractivity contribution is 0.579. The van der Waals surface area contributed by atoms with Crippen molar-refractivity contribution in [1.29, 1.82) is 0 Å². The van der Waals surface area contributed by atoms with Gasteiger partial charge in [-0.3, -0.25) is 0 Å². The highest BCUT2D eigenvalue weighted by Gasteiger charge is 2.41. The maximum Gasteiger partial charge on any atom is 0.0159 e. The highest BCUT2D eigenvalue weighted by Crippen LogP contribution is 2.56. The first-order chi connectivity index (χ1) is 29.7. The molecule has 0 aliphatic heterocycles. The molecule has 0 amide bonds. The van der Waals surface area contributed by atoms with Gasteiger partial charge in [0, 0.05) is 10.8 Å². The highest BCUT2D eigenvalue weighted by atomic mass is 14.4. The molecule has 0 saturated heterocycles. The van der Waals surface area contributed by atoms with Crippen molar-refractivity contribution in [3.8, 4) is 66.8 Å². The summed E-state index contributed by atoms with van der Waals surface area (Å²) >= 11 is 0. The van der Waals surface area contributed by atoms with Crippen LogP contribution >= 0.6 is 0 Å². The molecule has 0 unspecified atom stereocenters. The van der Waals surface area contributed by atoms with Gasteiger partial charge in [-0.1, -0.05) is 226 Å². The largest absolute Gasteiger partial charge is 0.0610 e. The first kappa shape index (κ1) is 43.8. The van der Waals surface area contributed by atoms with E-state index >= 15 is 0 Å². The van der Waals surface area contributed by atoms with E-state index in [4.69, 9.17) is 0 Å². The summed E-state index contributed by atoms with van der Waals surface area (Å²) in [5.41, 5.74) is 27.0. The zero-order chi connectivity index (χ0) is 46.1. The van der Waals surface area contributed by atoms with E-state index < -0.39 is 0 Å². The van der Waals surface area contributed by atoms with Gasteiger partial charge < -0.3 is 0 Å². The molecule has 64 heavy (non-hydrogen) atoms. The molecule has 0 N–H and O–H groups in total. The monoisotopic (exact) mass is 839 g/mol. The number of fused-ring (bicyclic) bond motifs is 6. The van der Waals surface area contributed by atoms with E-state index in [1.165, 1.54) is 111 Å². The van der Waals surface area contributed by atoms with Crippen molar-refractivity contribution < 1.29 is 0 Å². The molecule has 0 nitrogen and oxygen atoms in total. The van der Waals surface area contributed by atoms with Crippen LogP contribution in [0.4, 0.5) is 0 Å². The van der Waals surface area contributed by atoms with Crippen LogP contribution in [0.2, 0.25) is 0 Å². The first-order valence-corrected chi connectivity index (χ1v) is 23.7. The van der Waals surface area contributed by atoms with Gasteiger partial charge in [-0.25, -0.2) is 0 Å². The van der Waals surface area contributed by atoms with Crippen molar-refractivity contribution >= 4 is 0 Å². The van der Waals surface area contributed by atoms with Crippen LogP contribution in [-0.4, -0.2) is 0 Å².